The van der Waals surface area contributed by atoms with Gasteiger partial charge in [-0.1, -0.05) is 5.16 Å². The Kier molecular flexibility index (Phi) is 2.33. The van der Waals surface area contributed by atoms with Gasteiger partial charge in [-0.25, -0.2) is 4.79 Å². The van der Waals surface area contributed by atoms with Gasteiger partial charge in [0.25, 0.3) is 0 Å². The third-order valence-corrected chi connectivity index (χ3v) is 2.36. The number of ether oxygens (including phenoxy) is 1. The molecule has 0 fully saturated rings. The number of tetrazole rings is 1. The van der Waals surface area contributed by atoms with Gasteiger partial charge in [0.05, 0.1) is 5.56 Å². The van der Waals surface area contributed by atoms with E-state index in [2.05, 4.69) is 20.7 Å². The summed E-state index contributed by atoms with van der Waals surface area (Å²) in [5, 5.41) is 15.6. The standard InChI is InChI=1S/C9H9N7O3/c1-15-9(17)16(14-13-15)8-6(5-19-12-8)4-18-7-2-3-10-11-7/h2-3,5H,4H2,1H3,(H,10,11)/i/hT. The molecule has 0 saturated heterocycles. The molecule has 0 unspecified atom stereocenters. The summed E-state index contributed by atoms with van der Waals surface area (Å²) in [6, 6.07) is 1.54. The van der Waals surface area contributed by atoms with E-state index in [0.717, 1.165) is 14.5 Å². The van der Waals surface area contributed by atoms with Gasteiger partial charge in [-0.15, -0.1) is 9.78 Å². The van der Waals surface area contributed by atoms with Crippen LogP contribution in [0.15, 0.2) is 27.8 Å². The molecule has 98 valence electrons. The molecule has 0 aliphatic rings. The number of nitrogens with zero attached hydrogens (tertiary/aromatic N) is 6. The van der Waals surface area contributed by atoms with Gasteiger partial charge in [0.15, 0.2) is 1.41 Å². The smallest absolute Gasteiger partial charge is 0.369 e. The van der Waals surface area contributed by atoms with Gasteiger partial charge in [0, 0.05) is 19.3 Å². The lowest BCUT2D eigenvalue weighted by Gasteiger charge is -2.00. The number of aromatic amines is 1. The van der Waals surface area contributed by atoms with Crippen LogP contribution in [0.1, 0.15) is 5.56 Å². The summed E-state index contributed by atoms with van der Waals surface area (Å²) in [5.41, 5.74) is 0.0581. The van der Waals surface area contributed by atoms with Crippen molar-refractivity contribution in [3.05, 3.63) is 34.6 Å². The molecule has 0 aliphatic carbocycles. The maximum absolute atomic E-state index is 11.7. The van der Waals surface area contributed by atoms with E-state index < -0.39 is 5.69 Å². The van der Waals surface area contributed by atoms with Crippen LogP contribution in [0.3, 0.4) is 0 Å². The van der Waals surface area contributed by atoms with E-state index in [4.69, 9.17) is 10.7 Å². The van der Waals surface area contributed by atoms with Crippen LogP contribution in [-0.4, -0.2) is 35.1 Å². The summed E-state index contributed by atoms with van der Waals surface area (Å²) in [6.45, 7) is 0.0683. The molecular formula is C9H9N7O3. The molecule has 3 aromatic rings. The quantitative estimate of drug-likeness (QED) is 0.659. The maximum Gasteiger partial charge on any atom is 0.369 e. The zero-order chi connectivity index (χ0) is 14.1. The minimum atomic E-state index is -0.449. The molecule has 3 rings (SSSR count). The first-order chi connectivity index (χ1) is 9.65. The van der Waals surface area contributed by atoms with Gasteiger partial charge >= 0.3 is 5.69 Å². The van der Waals surface area contributed by atoms with Crippen LogP contribution < -0.4 is 10.4 Å². The molecule has 3 aromatic heterocycles. The first-order valence-corrected chi connectivity index (χ1v) is 5.25. The van der Waals surface area contributed by atoms with Gasteiger partial charge in [0.2, 0.25) is 11.7 Å². The summed E-state index contributed by atoms with van der Waals surface area (Å²) in [7, 11) is 1.48. The highest BCUT2D eigenvalue weighted by Gasteiger charge is 2.16. The lowest BCUT2D eigenvalue weighted by atomic mass is 10.3. The Morgan fingerprint density at radius 2 is 2.47 bits per heavy atom. The lowest BCUT2D eigenvalue weighted by Crippen LogP contribution is -2.23. The van der Waals surface area contributed by atoms with Crippen molar-refractivity contribution in [3.63, 3.8) is 0 Å². The number of nitrogens with one attached hydrogen (secondary N) is 1. The van der Waals surface area contributed by atoms with Crippen molar-refractivity contribution in [1.29, 1.82) is 0 Å². The molecule has 19 heavy (non-hydrogen) atoms. The zero-order valence-corrected chi connectivity index (χ0v) is 9.79. The SMILES string of the molecule is [3H]n1ccc(OCc2conc2-n2nnn(C)c2=O)n1. The molecule has 3 heterocycles. The van der Waals surface area contributed by atoms with E-state index in [1.165, 1.54) is 25.6 Å². The van der Waals surface area contributed by atoms with Gasteiger partial charge in [0.1, 0.15) is 12.9 Å². The Labute approximate surface area is 107 Å². The molecule has 1 N–H and O–H groups in total. The van der Waals surface area contributed by atoms with Crippen LogP contribution in [0.5, 0.6) is 5.88 Å². The second-order valence-electron chi connectivity index (χ2n) is 3.62. The predicted molar refractivity (Wildman–Crippen MR) is 59.6 cm³/mol. The molecule has 0 aromatic carbocycles. The van der Waals surface area contributed by atoms with E-state index in [0.29, 0.717) is 5.56 Å². The summed E-state index contributed by atoms with van der Waals surface area (Å²) < 4.78 is 19.5. The first kappa shape index (κ1) is 10.1. The van der Waals surface area contributed by atoms with Crippen LogP contribution >= 0.6 is 0 Å². The number of H-pyrrole nitrogens is 1. The van der Waals surface area contributed by atoms with Gasteiger partial charge < -0.3 is 9.26 Å². The van der Waals surface area contributed by atoms with E-state index in [1.807, 2.05) is 0 Å². The number of hydrogen-bond donors (Lipinski definition) is 1. The highest BCUT2D eigenvalue weighted by atomic mass is 16.5. The summed E-state index contributed by atoms with van der Waals surface area (Å²) in [5.74, 6) is 0.479. The molecule has 0 atom stereocenters. The first-order valence-electron chi connectivity index (χ1n) is 5.70. The molecule has 0 spiro atoms. The van der Waals surface area contributed by atoms with E-state index >= 15 is 0 Å². The highest BCUT2D eigenvalue weighted by Crippen LogP contribution is 2.13. The molecule has 0 bridgehead atoms. The van der Waals surface area contributed by atoms with Crippen molar-refractivity contribution in [2.24, 2.45) is 7.05 Å². The minimum absolute atomic E-state index is 0.0683. The van der Waals surface area contributed by atoms with Crippen molar-refractivity contribution in [2.75, 3.05) is 0 Å². The minimum Gasteiger partial charge on any atom is -0.471 e. The van der Waals surface area contributed by atoms with Crippen LogP contribution in [-0.2, 0) is 13.7 Å². The van der Waals surface area contributed by atoms with Crippen molar-refractivity contribution in [1.82, 2.24) is 35.1 Å². The third-order valence-electron chi connectivity index (χ3n) is 2.36. The second kappa shape index (κ2) is 4.40. The largest absolute Gasteiger partial charge is 0.471 e. The van der Waals surface area contributed by atoms with Gasteiger partial charge in [-0.2, -0.15) is 4.68 Å². The molecule has 0 amide bonds. The molecule has 10 nitrogen and oxygen atoms in total. The fraction of sp³-hybridized carbons (Fsp3) is 0.222. The lowest BCUT2D eigenvalue weighted by molar-refractivity contribution is 0.291. The Hall–Kier alpha value is -2.91. The second-order valence-corrected chi connectivity index (χ2v) is 3.62. The topological polar surface area (TPSA) is 117 Å². The normalized spacial score (nSPS) is 11.5. The van der Waals surface area contributed by atoms with Crippen molar-refractivity contribution in [3.8, 4) is 11.7 Å². The highest BCUT2D eigenvalue weighted by molar-refractivity contribution is 5.28. The summed E-state index contributed by atoms with van der Waals surface area (Å²) >= 11 is 0. The fourth-order valence-corrected chi connectivity index (χ4v) is 1.42. The predicted octanol–water partition coefficient (Wildman–Crippen LogP) is -0.744. The average Bonchev–Trinajstić information content (AvgIpc) is 3.11. The molecule has 10 heteroatoms. The summed E-state index contributed by atoms with van der Waals surface area (Å²) in [6.07, 6.45) is 2.77. The number of aromatic nitrogens is 7. The van der Waals surface area contributed by atoms with Crippen LogP contribution in [0, 0.1) is 0 Å². The van der Waals surface area contributed by atoms with Crippen LogP contribution in [0.25, 0.3) is 5.82 Å². The average molecular weight is 265 g/mol. The monoisotopic (exact) mass is 265 g/mol. The Morgan fingerprint density at radius 1 is 1.58 bits per heavy atom. The Morgan fingerprint density at radius 3 is 3.16 bits per heavy atom. The van der Waals surface area contributed by atoms with E-state index in [1.54, 1.807) is 0 Å². The molecule has 0 aliphatic heterocycles. The fourth-order valence-electron chi connectivity index (χ4n) is 1.42. The van der Waals surface area contributed by atoms with Crippen LogP contribution in [0.4, 0.5) is 0 Å². The molecular weight excluding hydrogens is 254 g/mol. The molecule has 0 saturated carbocycles. The number of hydrogen-bond acceptors (Lipinski definition) is 7. The third kappa shape index (κ3) is 1.99. The van der Waals surface area contributed by atoms with E-state index in [9.17, 15) is 4.79 Å². The van der Waals surface area contributed by atoms with E-state index in [-0.39, 0.29) is 18.3 Å². The van der Waals surface area contributed by atoms with Crippen molar-refractivity contribution in [2.45, 2.75) is 6.61 Å². The van der Waals surface area contributed by atoms with Crippen molar-refractivity contribution >= 4 is 0 Å². The van der Waals surface area contributed by atoms with Crippen LogP contribution in [0.2, 0.25) is 1.41 Å². The number of rotatable bonds is 4. The van der Waals surface area contributed by atoms with Crippen molar-refractivity contribution < 1.29 is 10.7 Å². The summed E-state index contributed by atoms with van der Waals surface area (Å²) in [4.78, 5) is 11.7. The van der Waals surface area contributed by atoms with Gasteiger partial charge in [-0.3, -0.25) is 5.09 Å². The maximum atomic E-state index is 11.7. The zero-order valence-electron chi connectivity index (χ0n) is 10.8. The Balaban J connectivity index is 1.83. The molecule has 0 radical (unpaired) electrons. The van der Waals surface area contributed by atoms with Gasteiger partial charge in [-0.05, 0) is 10.4 Å². The number of aryl methyl sites for hydroxylation is 1. The Bertz CT molecular complexity index is 785.